The Kier molecular flexibility index (Phi) is 14.8. The summed E-state index contributed by atoms with van der Waals surface area (Å²) in [6.45, 7) is 4.84. The van der Waals surface area contributed by atoms with Crippen LogP contribution in [0.4, 0.5) is 0 Å². The van der Waals surface area contributed by atoms with Gasteiger partial charge in [0.15, 0.2) is 0 Å². The van der Waals surface area contributed by atoms with Crippen LogP contribution in [0, 0.1) is 0 Å². The van der Waals surface area contributed by atoms with Crippen LogP contribution in [0.5, 0.6) is 0 Å². The molecule has 0 aromatic carbocycles. The van der Waals surface area contributed by atoms with Crippen molar-refractivity contribution in [3.05, 3.63) is 0 Å². The van der Waals surface area contributed by atoms with Crippen molar-refractivity contribution < 1.29 is 14.6 Å². The van der Waals surface area contributed by atoms with Crippen molar-refractivity contribution in [2.45, 2.75) is 51.9 Å². The van der Waals surface area contributed by atoms with Gasteiger partial charge in [0, 0.05) is 6.61 Å². The van der Waals surface area contributed by atoms with Gasteiger partial charge in [-0.05, 0) is 6.42 Å². The number of rotatable bonds is 13. The van der Waals surface area contributed by atoms with Crippen molar-refractivity contribution in [2.24, 2.45) is 0 Å². The van der Waals surface area contributed by atoms with E-state index in [1.807, 2.05) is 0 Å². The minimum Gasteiger partial charge on any atom is -0.394 e. The average molecular weight is 232 g/mol. The summed E-state index contributed by atoms with van der Waals surface area (Å²) in [4.78, 5) is 0. The van der Waals surface area contributed by atoms with Crippen molar-refractivity contribution in [3.63, 3.8) is 0 Å². The topological polar surface area (TPSA) is 38.7 Å². The quantitative estimate of drug-likeness (QED) is 0.496. The lowest BCUT2D eigenvalue weighted by Crippen LogP contribution is -2.07. The third-order valence-corrected chi connectivity index (χ3v) is 2.50. The monoisotopic (exact) mass is 232 g/mol. The Balaban J connectivity index is 2.83. The van der Waals surface area contributed by atoms with Crippen LogP contribution in [-0.4, -0.2) is 38.1 Å². The Morgan fingerprint density at radius 3 is 1.88 bits per heavy atom. The summed E-state index contributed by atoms with van der Waals surface area (Å²) in [5.41, 5.74) is 0. The van der Waals surface area contributed by atoms with Gasteiger partial charge in [-0.1, -0.05) is 45.4 Å². The molecule has 0 rings (SSSR count). The third-order valence-electron chi connectivity index (χ3n) is 2.50. The van der Waals surface area contributed by atoms with Gasteiger partial charge < -0.3 is 14.6 Å². The van der Waals surface area contributed by atoms with Crippen LogP contribution in [0.15, 0.2) is 0 Å². The average Bonchev–Trinajstić information content (AvgIpc) is 2.31. The van der Waals surface area contributed by atoms with Gasteiger partial charge in [-0.15, -0.1) is 0 Å². The van der Waals surface area contributed by atoms with Crippen molar-refractivity contribution in [2.75, 3.05) is 33.0 Å². The van der Waals surface area contributed by atoms with Gasteiger partial charge in [0.25, 0.3) is 0 Å². The maximum absolute atomic E-state index is 8.46. The molecular weight excluding hydrogens is 204 g/mol. The molecule has 16 heavy (non-hydrogen) atoms. The van der Waals surface area contributed by atoms with Crippen LogP contribution >= 0.6 is 0 Å². The van der Waals surface area contributed by atoms with Crippen molar-refractivity contribution >= 4 is 0 Å². The maximum atomic E-state index is 8.46. The molecule has 0 fully saturated rings. The van der Waals surface area contributed by atoms with Crippen molar-refractivity contribution in [1.82, 2.24) is 0 Å². The fourth-order valence-corrected chi connectivity index (χ4v) is 1.55. The Labute approximate surface area is 100 Å². The molecule has 0 aromatic rings. The zero-order valence-corrected chi connectivity index (χ0v) is 10.7. The van der Waals surface area contributed by atoms with Gasteiger partial charge in [0.05, 0.1) is 26.4 Å². The Morgan fingerprint density at radius 1 is 0.688 bits per heavy atom. The first kappa shape index (κ1) is 15.9. The normalized spacial score (nSPS) is 10.9. The number of aliphatic hydroxyl groups excluding tert-OH is 1. The fraction of sp³-hybridized carbons (Fsp3) is 1.00. The largest absolute Gasteiger partial charge is 0.394 e. The summed E-state index contributed by atoms with van der Waals surface area (Å²) in [7, 11) is 0. The SMILES string of the molecule is CCCCCCCCCOCCOCCO. The highest BCUT2D eigenvalue weighted by Gasteiger charge is 1.92. The van der Waals surface area contributed by atoms with E-state index >= 15 is 0 Å². The van der Waals surface area contributed by atoms with Crippen molar-refractivity contribution in [1.29, 1.82) is 0 Å². The Bertz CT molecular complexity index is 104. The number of ether oxygens (including phenoxy) is 2. The van der Waals surface area contributed by atoms with E-state index in [0.717, 1.165) is 13.0 Å². The van der Waals surface area contributed by atoms with Gasteiger partial charge in [-0.3, -0.25) is 0 Å². The summed E-state index contributed by atoms with van der Waals surface area (Å²) in [6, 6.07) is 0. The number of hydrogen-bond acceptors (Lipinski definition) is 3. The first-order valence-electron chi connectivity index (χ1n) is 6.68. The van der Waals surface area contributed by atoms with Gasteiger partial charge >= 0.3 is 0 Å². The Hall–Kier alpha value is -0.120. The van der Waals surface area contributed by atoms with Crippen LogP contribution in [-0.2, 0) is 9.47 Å². The van der Waals surface area contributed by atoms with Gasteiger partial charge in [0.1, 0.15) is 0 Å². The Morgan fingerprint density at radius 2 is 1.25 bits per heavy atom. The van der Waals surface area contributed by atoms with E-state index in [2.05, 4.69) is 6.92 Å². The highest BCUT2D eigenvalue weighted by Crippen LogP contribution is 2.06. The molecular formula is C13H28O3. The predicted molar refractivity (Wildman–Crippen MR) is 66.7 cm³/mol. The second-order valence-corrected chi connectivity index (χ2v) is 4.07. The summed E-state index contributed by atoms with van der Waals surface area (Å²) in [5, 5.41) is 8.46. The molecule has 0 atom stereocenters. The summed E-state index contributed by atoms with van der Waals surface area (Å²) in [5.74, 6) is 0. The minimum absolute atomic E-state index is 0.0950. The molecule has 0 aliphatic rings. The third kappa shape index (κ3) is 13.9. The molecule has 3 nitrogen and oxygen atoms in total. The molecule has 0 heterocycles. The molecule has 0 radical (unpaired) electrons. The number of unbranched alkanes of at least 4 members (excludes halogenated alkanes) is 6. The van der Waals surface area contributed by atoms with Crippen LogP contribution in [0.2, 0.25) is 0 Å². The highest BCUT2D eigenvalue weighted by molar-refractivity contribution is 4.44. The standard InChI is InChI=1S/C13H28O3/c1-2-3-4-5-6-7-8-10-15-12-13-16-11-9-14/h14H,2-13H2,1H3. The van der Waals surface area contributed by atoms with Crippen molar-refractivity contribution in [3.8, 4) is 0 Å². The van der Waals surface area contributed by atoms with E-state index in [1.165, 1.54) is 38.5 Å². The molecule has 0 spiro atoms. The maximum Gasteiger partial charge on any atom is 0.0701 e. The van der Waals surface area contributed by atoms with E-state index in [0.29, 0.717) is 19.8 Å². The van der Waals surface area contributed by atoms with Crippen LogP contribution in [0.25, 0.3) is 0 Å². The molecule has 0 aliphatic heterocycles. The molecule has 0 bridgehead atoms. The molecule has 0 saturated heterocycles. The van der Waals surface area contributed by atoms with Gasteiger partial charge in [-0.2, -0.15) is 0 Å². The lowest BCUT2D eigenvalue weighted by Gasteiger charge is -2.04. The number of aliphatic hydroxyl groups is 1. The molecule has 98 valence electrons. The van der Waals surface area contributed by atoms with E-state index < -0.39 is 0 Å². The first-order chi connectivity index (χ1) is 7.91. The molecule has 0 saturated carbocycles. The first-order valence-corrected chi connectivity index (χ1v) is 6.68. The molecule has 0 amide bonds. The van der Waals surface area contributed by atoms with Gasteiger partial charge in [0.2, 0.25) is 0 Å². The second-order valence-electron chi connectivity index (χ2n) is 4.07. The lowest BCUT2D eigenvalue weighted by molar-refractivity contribution is 0.0321. The summed E-state index contributed by atoms with van der Waals surface area (Å²) < 4.78 is 10.5. The van der Waals surface area contributed by atoms with Crippen LogP contribution in [0.1, 0.15) is 51.9 Å². The van der Waals surface area contributed by atoms with E-state index in [1.54, 1.807) is 0 Å². The fourth-order valence-electron chi connectivity index (χ4n) is 1.55. The van der Waals surface area contributed by atoms with E-state index in [9.17, 15) is 0 Å². The molecule has 1 N–H and O–H groups in total. The zero-order valence-electron chi connectivity index (χ0n) is 10.7. The zero-order chi connectivity index (χ0) is 11.9. The number of hydrogen-bond donors (Lipinski definition) is 1. The summed E-state index contributed by atoms with van der Waals surface area (Å²) in [6.07, 6.45) is 9.22. The molecule has 0 unspecified atom stereocenters. The second kappa shape index (κ2) is 14.9. The molecule has 0 aromatic heterocycles. The highest BCUT2D eigenvalue weighted by atomic mass is 16.5. The smallest absolute Gasteiger partial charge is 0.0701 e. The minimum atomic E-state index is 0.0950. The van der Waals surface area contributed by atoms with E-state index in [-0.39, 0.29) is 6.61 Å². The molecule has 3 heteroatoms. The lowest BCUT2D eigenvalue weighted by atomic mass is 10.1. The summed E-state index contributed by atoms with van der Waals surface area (Å²) >= 11 is 0. The predicted octanol–water partition coefficient (Wildman–Crippen LogP) is 2.76. The van der Waals surface area contributed by atoms with Crippen LogP contribution < -0.4 is 0 Å². The van der Waals surface area contributed by atoms with Crippen LogP contribution in [0.3, 0.4) is 0 Å². The van der Waals surface area contributed by atoms with E-state index in [4.69, 9.17) is 14.6 Å². The van der Waals surface area contributed by atoms with Gasteiger partial charge in [-0.25, -0.2) is 0 Å². The molecule has 0 aliphatic carbocycles.